The second-order valence-electron chi connectivity index (χ2n) is 3.71. The van der Waals surface area contributed by atoms with Crippen molar-refractivity contribution >= 4 is 11.3 Å². The molecule has 1 aliphatic rings. The average Bonchev–Trinajstić information content (AvgIpc) is 2.71. The van der Waals surface area contributed by atoms with Crippen molar-refractivity contribution in [1.82, 2.24) is 4.90 Å². The Labute approximate surface area is 84.4 Å². The van der Waals surface area contributed by atoms with Crippen molar-refractivity contribution in [2.75, 3.05) is 13.1 Å². The number of rotatable bonds is 3. The van der Waals surface area contributed by atoms with Crippen LogP contribution < -0.4 is 0 Å². The van der Waals surface area contributed by atoms with Crippen LogP contribution >= 0.6 is 11.3 Å². The van der Waals surface area contributed by atoms with Gasteiger partial charge in [-0.25, -0.2) is 0 Å². The third kappa shape index (κ3) is 1.94. The van der Waals surface area contributed by atoms with Crippen LogP contribution in [-0.4, -0.2) is 18.0 Å². The number of thiophene rings is 1. The molecule has 1 aromatic heterocycles. The smallest absolute Gasteiger partial charge is 0.0441 e. The molecule has 1 aliphatic heterocycles. The van der Waals surface area contributed by atoms with Crippen LogP contribution in [0.3, 0.4) is 0 Å². The van der Waals surface area contributed by atoms with E-state index in [1.165, 1.54) is 32.4 Å². The first-order chi connectivity index (χ1) is 6.42. The quantitative estimate of drug-likeness (QED) is 0.715. The van der Waals surface area contributed by atoms with E-state index < -0.39 is 0 Å². The molecule has 1 nitrogen and oxygen atoms in total. The van der Waals surface area contributed by atoms with Gasteiger partial charge in [-0.2, -0.15) is 0 Å². The summed E-state index contributed by atoms with van der Waals surface area (Å²) in [4.78, 5) is 4.19. The molecule has 0 radical (unpaired) electrons. The first kappa shape index (κ1) is 9.22. The van der Waals surface area contributed by atoms with Crippen LogP contribution in [0.4, 0.5) is 0 Å². The van der Waals surface area contributed by atoms with Gasteiger partial charge < -0.3 is 0 Å². The van der Waals surface area contributed by atoms with Gasteiger partial charge in [-0.15, -0.1) is 11.3 Å². The van der Waals surface area contributed by atoms with Crippen LogP contribution in [0.2, 0.25) is 0 Å². The maximum absolute atomic E-state index is 2.63. The average molecular weight is 195 g/mol. The van der Waals surface area contributed by atoms with Crippen molar-refractivity contribution in [1.29, 1.82) is 0 Å². The molecule has 0 unspecified atom stereocenters. The van der Waals surface area contributed by atoms with Gasteiger partial charge in [-0.1, -0.05) is 13.0 Å². The predicted octanol–water partition coefficient (Wildman–Crippen LogP) is 3.30. The molecule has 0 N–H and O–H groups in total. The van der Waals surface area contributed by atoms with E-state index in [0.29, 0.717) is 0 Å². The summed E-state index contributed by atoms with van der Waals surface area (Å²) in [6, 6.07) is 5.19. The minimum absolute atomic E-state index is 0.736. The van der Waals surface area contributed by atoms with E-state index in [-0.39, 0.29) is 0 Å². The lowest BCUT2D eigenvalue weighted by molar-refractivity contribution is 0.261. The van der Waals surface area contributed by atoms with Gasteiger partial charge in [0, 0.05) is 10.9 Å². The number of likely N-dealkylation sites (tertiary alicyclic amines) is 1. The number of hydrogen-bond acceptors (Lipinski definition) is 2. The molecule has 0 spiro atoms. The van der Waals surface area contributed by atoms with Crippen molar-refractivity contribution in [3.05, 3.63) is 22.4 Å². The second kappa shape index (κ2) is 4.25. The van der Waals surface area contributed by atoms with Gasteiger partial charge in [0.25, 0.3) is 0 Å². The number of nitrogens with zero attached hydrogens (tertiary/aromatic N) is 1. The monoisotopic (exact) mass is 195 g/mol. The summed E-state index contributed by atoms with van der Waals surface area (Å²) in [7, 11) is 0. The molecule has 0 bridgehead atoms. The maximum Gasteiger partial charge on any atom is 0.0441 e. The predicted molar refractivity (Wildman–Crippen MR) is 58.2 cm³/mol. The van der Waals surface area contributed by atoms with E-state index in [2.05, 4.69) is 29.3 Å². The van der Waals surface area contributed by atoms with Gasteiger partial charge in [-0.3, -0.25) is 4.90 Å². The van der Waals surface area contributed by atoms with E-state index in [4.69, 9.17) is 0 Å². The molecule has 2 rings (SSSR count). The standard InChI is InChI=1S/C11H17NS/c1-2-7-12-8-3-5-10(12)11-6-4-9-13-11/h4,6,9-10H,2-3,5,7-8H2,1H3/t10-/m0/s1. The fourth-order valence-electron chi connectivity index (χ4n) is 2.18. The Kier molecular flexibility index (Phi) is 3.01. The summed E-state index contributed by atoms with van der Waals surface area (Å²) in [5, 5.41) is 2.19. The summed E-state index contributed by atoms with van der Waals surface area (Å²) in [5.74, 6) is 0. The molecule has 72 valence electrons. The fourth-order valence-corrected chi connectivity index (χ4v) is 3.08. The molecule has 1 atom stereocenters. The molecule has 1 fully saturated rings. The zero-order chi connectivity index (χ0) is 9.10. The first-order valence-electron chi connectivity index (χ1n) is 5.19. The van der Waals surface area contributed by atoms with Gasteiger partial charge >= 0.3 is 0 Å². The molecule has 0 aliphatic carbocycles. The van der Waals surface area contributed by atoms with Gasteiger partial charge in [0.15, 0.2) is 0 Å². The zero-order valence-corrected chi connectivity index (χ0v) is 9.02. The van der Waals surface area contributed by atoms with E-state index in [9.17, 15) is 0 Å². The van der Waals surface area contributed by atoms with E-state index >= 15 is 0 Å². The molecular weight excluding hydrogens is 178 g/mol. The van der Waals surface area contributed by atoms with Gasteiger partial charge in [0.05, 0.1) is 0 Å². The van der Waals surface area contributed by atoms with Gasteiger partial charge in [-0.05, 0) is 43.8 Å². The van der Waals surface area contributed by atoms with Crippen LogP contribution in [0.5, 0.6) is 0 Å². The normalized spacial score (nSPS) is 23.9. The van der Waals surface area contributed by atoms with Crippen molar-refractivity contribution in [2.24, 2.45) is 0 Å². The second-order valence-corrected chi connectivity index (χ2v) is 4.69. The molecule has 0 saturated carbocycles. The largest absolute Gasteiger partial charge is 0.296 e. The Morgan fingerprint density at radius 1 is 1.62 bits per heavy atom. The highest BCUT2D eigenvalue weighted by Gasteiger charge is 2.25. The molecule has 0 aromatic carbocycles. The molecule has 13 heavy (non-hydrogen) atoms. The van der Waals surface area contributed by atoms with Crippen LogP contribution in [0.25, 0.3) is 0 Å². The van der Waals surface area contributed by atoms with Gasteiger partial charge in [0.1, 0.15) is 0 Å². The highest BCUT2D eigenvalue weighted by molar-refractivity contribution is 7.10. The summed E-state index contributed by atoms with van der Waals surface area (Å²) in [6.07, 6.45) is 4.02. The summed E-state index contributed by atoms with van der Waals surface area (Å²) in [6.45, 7) is 4.84. The van der Waals surface area contributed by atoms with Crippen molar-refractivity contribution in [3.8, 4) is 0 Å². The third-order valence-corrected chi connectivity index (χ3v) is 3.72. The van der Waals surface area contributed by atoms with Crippen molar-refractivity contribution in [2.45, 2.75) is 32.2 Å². The molecule has 1 aromatic rings. The summed E-state index contributed by atoms with van der Waals surface area (Å²) in [5.41, 5.74) is 0. The Bertz CT molecular complexity index is 243. The fraction of sp³-hybridized carbons (Fsp3) is 0.636. The molecule has 0 amide bonds. The minimum Gasteiger partial charge on any atom is -0.296 e. The molecule has 2 heteroatoms. The summed E-state index contributed by atoms with van der Waals surface area (Å²) >= 11 is 1.91. The molecule has 1 saturated heterocycles. The van der Waals surface area contributed by atoms with Crippen LogP contribution in [-0.2, 0) is 0 Å². The Balaban J connectivity index is 2.05. The van der Waals surface area contributed by atoms with Crippen LogP contribution in [0.15, 0.2) is 17.5 Å². The lowest BCUT2D eigenvalue weighted by atomic mass is 10.2. The van der Waals surface area contributed by atoms with Gasteiger partial charge in [0.2, 0.25) is 0 Å². The Morgan fingerprint density at radius 2 is 2.54 bits per heavy atom. The highest BCUT2D eigenvalue weighted by Crippen LogP contribution is 2.34. The third-order valence-electron chi connectivity index (χ3n) is 2.75. The van der Waals surface area contributed by atoms with E-state index in [1.54, 1.807) is 4.88 Å². The van der Waals surface area contributed by atoms with Crippen molar-refractivity contribution < 1.29 is 0 Å². The van der Waals surface area contributed by atoms with Crippen LogP contribution in [0, 0.1) is 0 Å². The Morgan fingerprint density at radius 3 is 3.23 bits per heavy atom. The first-order valence-corrected chi connectivity index (χ1v) is 6.07. The molecule has 2 heterocycles. The summed E-state index contributed by atoms with van der Waals surface area (Å²) < 4.78 is 0. The zero-order valence-electron chi connectivity index (χ0n) is 8.20. The SMILES string of the molecule is CCCN1CCC[C@H]1c1cccs1. The van der Waals surface area contributed by atoms with Crippen molar-refractivity contribution in [3.63, 3.8) is 0 Å². The van der Waals surface area contributed by atoms with E-state index in [0.717, 1.165) is 6.04 Å². The Hall–Kier alpha value is -0.340. The number of hydrogen-bond donors (Lipinski definition) is 0. The lowest BCUT2D eigenvalue weighted by Gasteiger charge is -2.22. The minimum atomic E-state index is 0.736. The van der Waals surface area contributed by atoms with E-state index in [1.807, 2.05) is 11.3 Å². The molecular formula is C11H17NS. The topological polar surface area (TPSA) is 3.24 Å². The maximum atomic E-state index is 2.63. The lowest BCUT2D eigenvalue weighted by Crippen LogP contribution is -2.23. The van der Waals surface area contributed by atoms with Crippen LogP contribution in [0.1, 0.15) is 37.1 Å². The highest BCUT2D eigenvalue weighted by atomic mass is 32.1.